The van der Waals surface area contributed by atoms with E-state index in [1.165, 1.54) is 38.5 Å². The van der Waals surface area contributed by atoms with Crippen molar-refractivity contribution >= 4 is 20.2 Å². The summed E-state index contributed by atoms with van der Waals surface area (Å²) in [4.78, 5) is -1.17. The van der Waals surface area contributed by atoms with E-state index in [1.807, 2.05) is 0 Å². The molecule has 2 aromatic rings. The zero-order chi connectivity index (χ0) is 18.1. The Bertz CT molecular complexity index is 896. The minimum atomic E-state index is -4.71. The Kier molecular flexibility index (Phi) is 4.85. The third-order valence-electron chi connectivity index (χ3n) is 3.22. The van der Waals surface area contributed by atoms with E-state index in [0.29, 0.717) is 0 Å². The maximum Gasteiger partial charge on any atom is 0.295 e. The molecule has 0 radical (unpaired) electrons. The van der Waals surface area contributed by atoms with Gasteiger partial charge in [0.25, 0.3) is 20.2 Å². The van der Waals surface area contributed by atoms with Crippen LogP contribution < -0.4 is 9.47 Å². The fraction of sp³-hybridized carbons (Fsp3) is 0.143. The molecule has 10 heteroatoms. The minimum Gasteiger partial charge on any atom is -0.496 e. The van der Waals surface area contributed by atoms with E-state index < -0.39 is 30.0 Å². The molecule has 2 aromatic carbocycles. The standard InChI is InChI=1S/C14H14O8S2/c1-21-9-5-3-7-11(23(15,16)17)13(9)14-10(22-2)6-4-8-12(14)24(18,19)20/h3-8H,1-2H3,(H,15,16,17)(H,18,19,20). The number of rotatable bonds is 5. The normalized spacial score (nSPS) is 12.0. The van der Waals surface area contributed by atoms with Crippen LogP contribution in [0.5, 0.6) is 11.5 Å². The van der Waals surface area contributed by atoms with Crippen molar-refractivity contribution in [1.29, 1.82) is 0 Å². The van der Waals surface area contributed by atoms with Gasteiger partial charge in [-0.3, -0.25) is 9.11 Å². The lowest BCUT2D eigenvalue weighted by molar-refractivity contribution is 0.407. The average Bonchev–Trinajstić information content (AvgIpc) is 2.51. The molecule has 130 valence electrons. The lowest BCUT2D eigenvalue weighted by atomic mass is 10.0. The number of benzene rings is 2. The molecule has 0 atom stereocenters. The summed E-state index contributed by atoms with van der Waals surface area (Å²) in [6.45, 7) is 0. The van der Waals surface area contributed by atoms with Gasteiger partial charge < -0.3 is 9.47 Å². The largest absolute Gasteiger partial charge is 0.496 e. The van der Waals surface area contributed by atoms with Gasteiger partial charge in [-0.1, -0.05) is 12.1 Å². The molecule has 0 bridgehead atoms. The maximum atomic E-state index is 11.7. The second-order valence-electron chi connectivity index (χ2n) is 4.62. The van der Waals surface area contributed by atoms with Crippen LogP contribution in [0.4, 0.5) is 0 Å². The van der Waals surface area contributed by atoms with E-state index in [2.05, 4.69) is 0 Å². The van der Waals surface area contributed by atoms with E-state index in [-0.39, 0.29) is 22.6 Å². The molecule has 8 nitrogen and oxygen atoms in total. The van der Waals surface area contributed by atoms with Crippen LogP contribution in [-0.2, 0) is 20.2 Å². The van der Waals surface area contributed by atoms with Crippen molar-refractivity contribution in [2.45, 2.75) is 9.79 Å². The molecule has 0 unspecified atom stereocenters. The summed E-state index contributed by atoms with van der Waals surface area (Å²) < 4.78 is 75.9. The molecule has 0 aromatic heterocycles. The summed E-state index contributed by atoms with van der Waals surface area (Å²) in [5.41, 5.74) is -0.486. The lowest BCUT2D eigenvalue weighted by Gasteiger charge is -2.17. The third kappa shape index (κ3) is 3.36. The monoisotopic (exact) mass is 374 g/mol. The summed E-state index contributed by atoms with van der Waals surface area (Å²) >= 11 is 0. The van der Waals surface area contributed by atoms with E-state index >= 15 is 0 Å². The zero-order valence-electron chi connectivity index (χ0n) is 12.6. The summed E-state index contributed by atoms with van der Waals surface area (Å²) in [5, 5.41) is 0. The quantitative estimate of drug-likeness (QED) is 0.759. The summed E-state index contributed by atoms with van der Waals surface area (Å²) in [6.07, 6.45) is 0. The molecular formula is C14H14O8S2. The smallest absolute Gasteiger partial charge is 0.295 e. The first kappa shape index (κ1) is 18.2. The highest BCUT2D eigenvalue weighted by atomic mass is 32.2. The molecule has 0 aliphatic rings. The molecule has 0 saturated carbocycles. The highest BCUT2D eigenvalue weighted by Crippen LogP contribution is 2.44. The predicted molar refractivity (Wildman–Crippen MR) is 84.6 cm³/mol. The van der Waals surface area contributed by atoms with Gasteiger partial charge in [-0.25, -0.2) is 0 Å². The lowest BCUT2D eigenvalue weighted by Crippen LogP contribution is -2.07. The second-order valence-corrected chi connectivity index (χ2v) is 7.40. The topological polar surface area (TPSA) is 127 Å². The van der Waals surface area contributed by atoms with Crippen LogP contribution in [0.2, 0.25) is 0 Å². The van der Waals surface area contributed by atoms with Crippen molar-refractivity contribution in [3.63, 3.8) is 0 Å². The number of hydrogen-bond acceptors (Lipinski definition) is 6. The number of ether oxygens (including phenoxy) is 2. The van der Waals surface area contributed by atoms with Crippen molar-refractivity contribution in [1.82, 2.24) is 0 Å². The summed E-state index contributed by atoms with van der Waals surface area (Å²) in [5.74, 6) is -0.0564. The first-order chi connectivity index (χ1) is 11.1. The van der Waals surface area contributed by atoms with E-state index in [9.17, 15) is 25.9 Å². The highest BCUT2D eigenvalue weighted by molar-refractivity contribution is 7.86. The van der Waals surface area contributed by atoms with Gasteiger partial charge in [-0.05, 0) is 24.3 Å². The molecule has 0 aliphatic heterocycles. The molecule has 2 rings (SSSR count). The molecule has 0 heterocycles. The maximum absolute atomic E-state index is 11.7. The second kappa shape index (κ2) is 6.40. The van der Waals surface area contributed by atoms with Gasteiger partial charge in [0, 0.05) is 11.1 Å². The molecule has 0 fully saturated rings. The Morgan fingerprint density at radius 1 is 0.708 bits per heavy atom. The van der Waals surface area contributed by atoms with E-state index in [0.717, 1.165) is 12.1 Å². The fourth-order valence-corrected chi connectivity index (χ4v) is 3.71. The van der Waals surface area contributed by atoms with Gasteiger partial charge in [0.2, 0.25) is 0 Å². The van der Waals surface area contributed by atoms with Crippen LogP contribution in [0.25, 0.3) is 11.1 Å². The van der Waals surface area contributed by atoms with Crippen molar-refractivity contribution in [3.8, 4) is 22.6 Å². The third-order valence-corrected chi connectivity index (χ3v) is 5.01. The van der Waals surface area contributed by atoms with Gasteiger partial charge in [-0.15, -0.1) is 0 Å². The molecule has 0 amide bonds. The van der Waals surface area contributed by atoms with Crippen molar-refractivity contribution in [2.75, 3.05) is 14.2 Å². The molecule has 0 aliphatic carbocycles. The van der Waals surface area contributed by atoms with Crippen LogP contribution >= 0.6 is 0 Å². The van der Waals surface area contributed by atoms with Crippen LogP contribution in [0.3, 0.4) is 0 Å². The van der Waals surface area contributed by atoms with Crippen molar-refractivity contribution in [2.24, 2.45) is 0 Å². The Balaban J connectivity index is 3.08. The van der Waals surface area contributed by atoms with E-state index in [1.54, 1.807) is 0 Å². The van der Waals surface area contributed by atoms with Crippen molar-refractivity contribution < 1.29 is 35.4 Å². The fourth-order valence-electron chi connectivity index (χ4n) is 2.28. The molecule has 24 heavy (non-hydrogen) atoms. The Hall–Kier alpha value is -2.14. The first-order valence-electron chi connectivity index (χ1n) is 6.40. The summed E-state index contributed by atoms with van der Waals surface area (Å²) in [7, 11) is -6.94. The van der Waals surface area contributed by atoms with Crippen LogP contribution in [0, 0.1) is 0 Å². The molecule has 0 spiro atoms. The van der Waals surface area contributed by atoms with Crippen LogP contribution in [-0.4, -0.2) is 40.2 Å². The molecule has 2 N–H and O–H groups in total. The molecule has 0 saturated heterocycles. The Morgan fingerprint density at radius 3 is 1.29 bits per heavy atom. The van der Waals surface area contributed by atoms with Crippen LogP contribution in [0.15, 0.2) is 46.2 Å². The first-order valence-corrected chi connectivity index (χ1v) is 9.28. The Morgan fingerprint density at radius 2 is 1.04 bits per heavy atom. The van der Waals surface area contributed by atoms with Crippen LogP contribution in [0.1, 0.15) is 0 Å². The van der Waals surface area contributed by atoms with E-state index in [4.69, 9.17) is 9.47 Å². The molecular weight excluding hydrogens is 360 g/mol. The average molecular weight is 374 g/mol. The van der Waals surface area contributed by atoms with Gasteiger partial charge in [0.1, 0.15) is 21.3 Å². The highest BCUT2D eigenvalue weighted by Gasteiger charge is 2.28. The zero-order valence-corrected chi connectivity index (χ0v) is 14.3. The predicted octanol–water partition coefficient (Wildman–Crippen LogP) is 1.86. The van der Waals surface area contributed by atoms with Gasteiger partial charge in [0.15, 0.2) is 0 Å². The van der Waals surface area contributed by atoms with Gasteiger partial charge in [-0.2, -0.15) is 16.8 Å². The minimum absolute atomic E-state index is 0.0282. The summed E-state index contributed by atoms with van der Waals surface area (Å²) in [6, 6.07) is 7.54. The van der Waals surface area contributed by atoms with Crippen molar-refractivity contribution in [3.05, 3.63) is 36.4 Å². The Labute approximate surface area is 139 Å². The SMILES string of the molecule is COc1cccc(S(=O)(=O)O)c1-c1c(OC)cccc1S(=O)(=O)O. The van der Waals surface area contributed by atoms with Gasteiger partial charge in [0.05, 0.1) is 14.2 Å². The van der Waals surface area contributed by atoms with Gasteiger partial charge >= 0.3 is 0 Å². The number of methoxy groups -OCH3 is 2. The number of hydrogen-bond donors (Lipinski definition) is 2.